The Kier molecular flexibility index (Phi) is 4.18. The standard InChI is InChI=1S/C14H19NO3/c1-2-10-4-3-5-11(8-10)18-12-6-7-13(14(16)17)15-9-12/h6-7,9-11H,2-5,8H2,1H3,(H,16,17). The summed E-state index contributed by atoms with van der Waals surface area (Å²) in [4.78, 5) is 14.5. The highest BCUT2D eigenvalue weighted by atomic mass is 16.5. The molecule has 4 nitrogen and oxygen atoms in total. The van der Waals surface area contributed by atoms with Gasteiger partial charge in [0, 0.05) is 0 Å². The van der Waals surface area contributed by atoms with E-state index in [4.69, 9.17) is 9.84 Å². The van der Waals surface area contributed by atoms with Gasteiger partial charge in [-0.3, -0.25) is 0 Å². The van der Waals surface area contributed by atoms with E-state index in [1.54, 1.807) is 6.07 Å². The zero-order chi connectivity index (χ0) is 13.0. The first kappa shape index (κ1) is 12.9. The number of ether oxygens (including phenoxy) is 1. The minimum atomic E-state index is -1.01. The Morgan fingerprint density at radius 1 is 1.50 bits per heavy atom. The molecule has 2 rings (SSSR count). The molecule has 1 aliphatic carbocycles. The predicted octanol–water partition coefficient (Wildman–Crippen LogP) is 3.13. The minimum Gasteiger partial charge on any atom is -0.489 e. The number of carboxylic acids is 1. The SMILES string of the molecule is CCC1CCCC(Oc2ccc(C(=O)O)nc2)C1. The molecular formula is C14H19NO3. The number of hydrogen-bond acceptors (Lipinski definition) is 3. The summed E-state index contributed by atoms with van der Waals surface area (Å²) >= 11 is 0. The van der Waals surface area contributed by atoms with Crippen molar-refractivity contribution in [1.29, 1.82) is 0 Å². The van der Waals surface area contributed by atoms with E-state index >= 15 is 0 Å². The number of aromatic nitrogens is 1. The summed E-state index contributed by atoms with van der Waals surface area (Å²) in [5, 5.41) is 8.76. The smallest absolute Gasteiger partial charge is 0.354 e. The van der Waals surface area contributed by atoms with Crippen molar-refractivity contribution in [3.63, 3.8) is 0 Å². The van der Waals surface area contributed by atoms with Gasteiger partial charge in [-0.25, -0.2) is 9.78 Å². The third-order valence-corrected chi connectivity index (χ3v) is 3.57. The summed E-state index contributed by atoms with van der Waals surface area (Å²) < 4.78 is 5.87. The van der Waals surface area contributed by atoms with Crippen LogP contribution in [0.1, 0.15) is 49.5 Å². The van der Waals surface area contributed by atoms with Crippen molar-refractivity contribution in [3.05, 3.63) is 24.0 Å². The van der Waals surface area contributed by atoms with E-state index in [0.717, 1.165) is 18.8 Å². The fraction of sp³-hybridized carbons (Fsp3) is 0.571. The van der Waals surface area contributed by atoms with Crippen molar-refractivity contribution in [2.75, 3.05) is 0 Å². The van der Waals surface area contributed by atoms with Gasteiger partial charge in [0.2, 0.25) is 0 Å². The summed E-state index contributed by atoms with van der Waals surface area (Å²) in [6.07, 6.45) is 7.64. The summed E-state index contributed by atoms with van der Waals surface area (Å²) in [6.45, 7) is 2.22. The Morgan fingerprint density at radius 3 is 2.94 bits per heavy atom. The first-order valence-corrected chi connectivity index (χ1v) is 6.55. The predicted molar refractivity (Wildman–Crippen MR) is 67.9 cm³/mol. The van der Waals surface area contributed by atoms with Gasteiger partial charge >= 0.3 is 5.97 Å². The van der Waals surface area contributed by atoms with Gasteiger partial charge < -0.3 is 9.84 Å². The van der Waals surface area contributed by atoms with E-state index in [1.807, 2.05) is 0 Å². The molecule has 1 aromatic heterocycles. The number of carboxylic acid groups (broad SMARTS) is 1. The molecule has 4 heteroatoms. The molecule has 0 saturated heterocycles. The molecule has 1 aliphatic rings. The maximum atomic E-state index is 10.7. The maximum absolute atomic E-state index is 10.7. The lowest BCUT2D eigenvalue weighted by atomic mass is 9.85. The summed E-state index contributed by atoms with van der Waals surface area (Å²) in [7, 11) is 0. The molecule has 1 aromatic rings. The quantitative estimate of drug-likeness (QED) is 0.890. The molecular weight excluding hydrogens is 230 g/mol. The molecule has 18 heavy (non-hydrogen) atoms. The highest BCUT2D eigenvalue weighted by Gasteiger charge is 2.22. The lowest BCUT2D eigenvalue weighted by Crippen LogP contribution is -2.25. The molecule has 1 heterocycles. The fourth-order valence-electron chi connectivity index (χ4n) is 2.49. The van der Waals surface area contributed by atoms with Crippen LogP contribution in [0.25, 0.3) is 0 Å². The van der Waals surface area contributed by atoms with Crippen molar-refractivity contribution in [2.24, 2.45) is 5.92 Å². The van der Waals surface area contributed by atoms with Crippen molar-refractivity contribution in [1.82, 2.24) is 4.98 Å². The molecule has 0 aliphatic heterocycles. The number of nitrogens with zero attached hydrogens (tertiary/aromatic N) is 1. The topological polar surface area (TPSA) is 59.4 Å². The maximum Gasteiger partial charge on any atom is 0.354 e. The third kappa shape index (κ3) is 3.22. The number of pyridine rings is 1. The first-order valence-electron chi connectivity index (χ1n) is 6.55. The van der Waals surface area contributed by atoms with Crippen LogP contribution in [0, 0.1) is 5.92 Å². The van der Waals surface area contributed by atoms with Crippen molar-refractivity contribution in [2.45, 2.75) is 45.1 Å². The Balaban J connectivity index is 1.94. The Hall–Kier alpha value is -1.58. The summed E-state index contributed by atoms with van der Waals surface area (Å²) in [5.74, 6) is 0.419. The van der Waals surface area contributed by atoms with Gasteiger partial charge in [0.1, 0.15) is 11.4 Å². The number of carbonyl (C=O) groups is 1. The molecule has 2 atom stereocenters. The molecule has 1 saturated carbocycles. The molecule has 0 aromatic carbocycles. The van der Waals surface area contributed by atoms with E-state index in [-0.39, 0.29) is 11.8 Å². The normalized spacial score (nSPS) is 23.6. The monoisotopic (exact) mass is 249 g/mol. The van der Waals surface area contributed by atoms with Crippen molar-refractivity contribution >= 4 is 5.97 Å². The van der Waals surface area contributed by atoms with E-state index in [2.05, 4.69) is 11.9 Å². The Bertz CT molecular complexity index is 402. The summed E-state index contributed by atoms with van der Waals surface area (Å²) in [5.41, 5.74) is 0.0532. The average molecular weight is 249 g/mol. The third-order valence-electron chi connectivity index (χ3n) is 3.57. The largest absolute Gasteiger partial charge is 0.489 e. The molecule has 98 valence electrons. The molecule has 1 N–H and O–H groups in total. The van der Waals surface area contributed by atoms with Crippen LogP contribution in [0.3, 0.4) is 0 Å². The Morgan fingerprint density at radius 2 is 2.33 bits per heavy atom. The van der Waals surface area contributed by atoms with Crippen LogP contribution >= 0.6 is 0 Å². The molecule has 2 unspecified atom stereocenters. The van der Waals surface area contributed by atoms with E-state index < -0.39 is 5.97 Å². The molecule has 0 amide bonds. The number of hydrogen-bond donors (Lipinski definition) is 1. The highest BCUT2D eigenvalue weighted by Crippen LogP contribution is 2.29. The zero-order valence-electron chi connectivity index (χ0n) is 10.6. The molecule has 0 bridgehead atoms. The van der Waals surface area contributed by atoms with Crippen LogP contribution in [-0.4, -0.2) is 22.2 Å². The summed E-state index contributed by atoms with van der Waals surface area (Å²) in [6, 6.07) is 3.17. The first-order chi connectivity index (χ1) is 8.69. The molecule has 0 radical (unpaired) electrons. The zero-order valence-corrected chi connectivity index (χ0v) is 10.6. The van der Waals surface area contributed by atoms with Gasteiger partial charge in [0.05, 0.1) is 12.3 Å². The average Bonchev–Trinajstić information content (AvgIpc) is 2.39. The number of rotatable bonds is 4. The van der Waals surface area contributed by atoms with Crippen LogP contribution in [0.2, 0.25) is 0 Å². The fourth-order valence-corrected chi connectivity index (χ4v) is 2.49. The minimum absolute atomic E-state index is 0.0532. The highest BCUT2D eigenvalue weighted by molar-refractivity contribution is 5.85. The second-order valence-corrected chi connectivity index (χ2v) is 4.87. The number of aromatic carboxylic acids is 1. The second-order valence-electron chi connectivity index (χ2n) is 4.87. The van der Waals surface area contributed by atoms with Gasteiger partial charge in [-0.15, -0.1) is 0 Å². The van der Waals surface area contributed by atoms with Gasteiger partial charge in [0.15, 0.2) is 0 Å². The van der Waals surface area contributed by atoms with Gasteiger partial charge in [-0.2, -0.15) is 0 Å². The van der Waals surface area contributed by atoms with E-state index in [9.17, 15) is 4.79 Å². The molecule has 0 spiro atoms. The Labute approximate surface area is 107 Å². The van der Waals surface area contributed by atoms with Crippen molar-refractivity contribution in [3.8, 4) is 5.75 Å². The van der Waals surface area contributed by atoms with E-state index in [1.165, 1.54) is 31.5 Å². The van der Waals surface area contributed by atoms with Gasteiger partial charge in [0.25, 0.3) is 0 Å². The van der Waals surface area contributed by atoms with Crippen LogP contribution in [-0.2, 0) is 0 Å². The van der Waals surface area contributed by atoms with Gasteiger partial charge in [-0.05, 0) is 37.3 Å². The van der Waals surface area contributed by atoms with Crippen LogP contribution in [0.15, 0.2) is 18.3 Å². The second kappa shape index (κ2) is 5.85. The molecule has 1 fully saturated rings. The van der Waals surface area contributed by atoms with Gasteiger partial charge in [-0.1, -0.05) is 19.8 Å². The van der Waals surface area contributed by atoms with Crippen molar-refractivity contribution < 1.29 is 14.6 Å². The lowest BCUT2D eigenvalue weighted by molar-refractivity contribution is 0.0690. The lowest BCUT2D eigenvalue weighted by Gasteiger charge is -2.28. The van der Waals surface area contributed by atoms with Crippen LogP contribution < -0.4 is 4.74 Å². The van der Waals surface area contributed by atoms with E-state index in [0.29, 0.717) is 5.75 Å². The van der Waals surface area contributed by atoms with Crippen LogP contribution in [0.4, 0.5) is 0 Å². The van der Waals surface area contributed by atoms with Crippen LogP contribution in [0.5, 0.6) is 5.75 Å².